The van der Waals surface area contributed by atoms with E-state index in [1.54, 1.807) is 7.05 Å². The molecule has 0 saturated carbocycles. The Labute approximate surface area is 122 Å². The largest absolute Gasteiger partial charge is 0.481 e. The first-order chi connectivity index (χ1) is 9.99. The Hall–Kier alpha value is -2.50. The highest BCUT2D eigenvalue weighted by molar-refractivity contribution is 5.78. The molecule has 0 aliphatic rings. The van der Waals surface area contributed by atoms with Gasteiger partial charge in [0.1, 0.15) is 11.3 Å². The van der Waals surface area contributed by atoms with Crippen LogP contribution in [-0.4, -0.2) is 35.6 Å². The molecule has 112 valence electrons. The molecule has 2 amide bonds. The average molecular weight is 290 g/mol. The number of nitrogens with one attached hydrogen (secondary N) is 1. The van der Waals surface area contributed by atoms with Crippen molar-refractivity contribution in [1.82, 2.24) is 10.2 Å². The van der Waals surface area contributed by atoms with Crippen LogP contribution in [0.4, 0.5) is 4.79 Å². The summed E-state index contributed by atoms with van der Waals surface area (Å²) in [6.07, 6.45) is -0.0986. The molecule has 0 aliphatic carbocycles. The first-order valence-electron chi connectivity index (χ1n) is 6.70. The van der Waals surface area contributed by atoms with E-state index in [-0.39, 0.29) is 25.0 Å². The predicted molar refractivity (Wildman–Crippen MR) is 78.0 cm³/mol. The fourth-order valence-corrected chi connectivity index (χ4v) is 1.98. The number of fused-ring (bicyclic) bond motifs is 1. The van der Waals surface area contributed by atoms with Crippen LogP contribution in [0.1, 0.15) is 25.1 Å². The summed E-state index contributed by atoms with van der Waals surface area (Å²) in [6, 6.07) is 8.96. The van der Waals surface area contributed by atoms with Crippen molar-refractivity contribution < 1.29 is 19.1 Å². The number of hydrogen-bond acceptors (Lipinski definition) is 3. The lowest BCUT2D eigenvalue weighted by molar-refractivity contribution is -0.136. The summed E-state index contributed by atoms with van der Waals surface area (Å²) in [5.41, 5.74) is 0.777. The Kier molecular flexibility index (Phi) is 4.47. The van der Waals surface area contributed by atoms with Gasteiger partial charge in [-0.2, -0.15) is 0 Å². The van der Waals surface area contributed by atoms with Crippen LogP contribution in [0.5, 0.6) is 0 Å². The van der Waals surface area contributed by atoms with Crippen LogP contribution in [0, 0.1) is 0 Å². The molecule has 1 aromatic carbocycles. The van der Waals surface area contributed by atoms with E-state index in [1.165, 1.54) is 4.90 Å². The van der Waals surface area contributed by atoms with Crippen LogP contribution < -0.4 is 5.32 Å². The minimum Gasteiger partial charge on any atom is -0.481 e. The molecule has 0 spiro atoms. The van der Waals surface area contributed by atoms with Crippen LogP contribution in [0.3, 0.4) is 0 Å². The fourth-order valence-electron chi connectivity index (χ4n) is 1.98. The van der Waals surface area contributed by atoms with Crippen molar-refractivity contribution in [3.05, 3.63) is 36.1 Å². The van der Waals surface area contributed by atoms with E-state index >= 15 is 0 Å². The molecule has 0 fully saturated rings. The summed E-state index contributed by atoms with van der Waals surface area (Å²) < 4.78 is 5.73. The van der Waals surface area contributed by atoms with Gasteiger partial charge in [0.25, 0.3) is 0 Å². The number of benzene rings is 1. The van der Waals surface area contributed by atoms with E-state index in [0.29, 0.717) is 5.76 Å². The van der Waals surface area contributed by atoms with Gasteiger partial charge >= 0.3 is 12.0 Å². The third kappa shape index (κ3) is 3.53. The van der Waals surface area contributed by atoms with E-state index < -0.39 is 5.97 Å². The molecular formula is C15H18N2O4. The van der Waals surface area contributed by atoms with Crippen LogP contribution in [0.2, 0.25) is 0 Å². The van der Waals surface area contributed by atoms with Crippen LogP contribution in [0.25, 0.3) is 11.0 Å². The molecule has 6 nitrogen and oxygen atoms in total. The molecule has 2 N–H and O–H groups in total. The number of carbonyl (C=O) groups excluding carboxylic acids is 1. The number of para-hydroxylation sites is 1. The quantitative estimate of drug-likeness (QED) is 0.886. The smallest absolute Gasteiger partial charge is 0.317 e. The lowest BCUT2D eigenvalue weighted by atomic mass is 10.2. The zero-order valence-corrected chi connectivity index (χ0v) is 12.0. The number of carboxylic acids is 1. The maximum atomic E-state index is 11.9. The number of amides is 2. The van der Waals surface area contributed by atoms with Crippen molar-refractivity contribution in [3.8, 4) is 0 Å². The van der Waals surface area contributed by atoms with Crippen molar-refractivity contribution in [2.75, 3.05) is 13.6 Å². The number of carbonyl (C=O) groups is 2. The number of carboxylic acid groups (broad SMARTS) is 1. The van der Waals surface area contributed by atoms with E-state index in [1.807, 2.05) is 37.3 Å². The van der Waals surface area contributed by atoms with Crippen LogP contribution >= 0.6 is 0 Å². The molecule has 21 heavy (non-hydrogen) atoms. The van der Waals surface area contributed by atoms with Gasteiger partial charge in [-0.25, -0.2) is 4.79 Å². The normalized spacial score (nSPS) is 12.1. The lowest BCUT2D eigenvalue weighted by Crippen LogP contribution is -2.39. The second-order valence-electron chi connectivity index (χ2n) is 4.85. The summed E-state index contributed by atoms with van der Waals surface area (Å²) in [5.74, 6) is -0.254. The maximum absolute atomic E-state index is 11.9. The maximum Gasteiger partial charge on any atom is 0.317 e. The molecule has 1 atom stereocenters. The minimum absolute atomic E-state index is 0.0986. The molecule has 0 aliphatic heterocycles. The topological polar surface area (TPSA) is 82.8 Å². The summed E-state index contributed by atoms with van der Waals surface area (Å²) in [4.78, 5) is 23.8. The second-order valence-corrected chi connectivity index (χ2v) is 4.85. The van der Waals surface area contributed by atoms with Crippen LogP contribution in [0.15, 0.2) is 34.7 Å². The fraction of sp³-hybridized carbons (Fsp3) is 0.333. The van der Waals surface area contributed by atoms with E-state index in [0.717, 1.165) is 11.0 Å². The van der Waals surface area contributed by atoms with Gasteiger partial charge < -0.3 is 19.7 Å². The SMILES string of the molecule is CC(c1cc2ccccc2o1)N(C)C(=O)NCCC(=O)O. The number of urea groups is 1. The molecule has 2 rings (SSSR count). The van der Waals surface area contributed by atoms with Gasteiger partial charge in [-0.05, 0) is 19.1 Å². The van der Waals surface area contributed by atoms with Gasteiger partial charge in [0.05, 0.1) is 12.5 Å². The third-order valence-corrected chi connectivity index (χ3v) is 3.37. The van der Waals surface area contributed by atoms with Crippen molar-refractivity contribution >= 4 is 23.0 Å². The highest BCUT2D eigenvalue weighted by Crippen LogP contribution is 2.26. The standard InChI is InChI=1S/C15H18N2O4/c1-10(17(2)15(20)16-8-7-14(18)19)13-9-11-5-3-4-6-12(11)21-13/h3-6,9-10H,7-8H2,1-2H3,(H,16,20)(H,18,19). The summed E-state index contributed by atoms with van der Waals surface area (Å²) in [7, 11) is 1.65. The van der Waals surface area contributed by atoms with E-state index in [9.17, 15) is 9.59 Å². The number of aliphatic carboxylic acids is 1. The molecule has 6 heteroatoms. The van der Waals surface area contributed by atoms with Gasteiger partial charge in [-0.3, -0.25) is 4.79 Å². The van der Waals surface area contributed by atoms with E-state index in [4.69, 9.17) is 9.52 Å². The Morgan fingerprint density at radius 1 is 1.38 bits per heavy atom. The second kappa shape index (κ2) is 6.30. The van der Waals surface area contributed by atoms with Gasteiger partial charge in [-0.15, -0.1) is 0 Å². The summed E-state index contributed by atoms with van der Waals surface area (Å²) in [5, 5.41) is 12.1. The van der Waals surface area contributed by atoms with Crippen molar-refractivity contribution in [3.63, 3.8) is 0 Å². The van der Waals surface area contributed by atoms with Gasteiger partial charge in [-0.1, -0.05) is 18.2 Å². The van der Waals surface area contributed by atoms with Crippen molar-refractivity contribution in [2.45, 2.75) is 19.4 Å². The Morgan fingerprint density at radius 3 is 2.76 bits per heavy atom. The predicted octanol–water partition coefficient (Wildman–Crippen LogP) is 2.61. The average Bonchev–Trinajstić information content (AvgIpc) is 2.89. The van der Waals surface area contributed by atoms with Crippen molar-refractivity contribution in [2.24, 2.45) is 0 Å². The highest BCUT2D eigenvalue weighted by Gasteiger charge is 2.20. The molecule has 0 bridgehead atoms. The van der Waals surface area contributed by atoms with Gasteiger partial charge in [0.2, 0.25) is 0 Å². The Bertz CT molecular complexity index is 617. The zero-order chi connectivity index (χ0) is 15.4. The molecule has 1 aromatic heterocycles. The van der Waals surface area contributed by atoms with Crippen molar-refractivity contribution in [1.29, 1.82) is 0 Å². The van der Waals surface area contributed by atoms with Gasteiger partial charge in [0, 0.05) is 19.0 Å². The van der Waals surface area contributed by atoms with Crippen LogP contribution in [-0.2, 0) is 4.79 Å². The molecule has 0 saturated heterocycles. The lowest BCUT2D eigenvalue weighted by Gasteiger charge is -2.23. The summed E-state index contributed by atoms with van der Waals surface area (Å²) in [6.45, 7) is 1.96. The molecule has 2 aromatic rings. The molecule has 1 unspecified atom stereocenters. The van der Waals surface area contributed by atoms with E-state index in [2.05, 4.69) is 5.32 Å². The molecule has 1 heterocycles. The Balaban J connectivity index is 2.02. The van der Waals surface area contributed by atoms with Gasteiger partial charge in [0.15, 0.2) is 0 Å². The zero-order valence-electron chi connectivity index (χ0n) is 12.0. The number of hydrogen-bond donors (Lipinski definition) is 2. The molecule has 0 radical (unpaired) electrons. The third-order valence-electron chi connectivity index (χ3n) is 3.37. The monoisotopic (exact) mass is 290 g/mol. The number of furan rings is 1. The highest BCUT2D eigenvalue weighted by atomic mass is 16.4. The first kappa shape index (κ1) is 14.9. The minimum atomic E-state index is -0.941. The number of rotatable bonds is 5. The summed E-state index contributed by atoms with van der Waals surface area (Å²) >= 11 is 0. The number of nitrogens with zero attached hydrogens (tertiary/aromatic N) is 1. The molecular weight excluding hydrogens is 272 g/mol. The first-order valence-corrected chi connectivity index (χ1v) is 6.70. The Morgan fingerprint density at radius 2 is 2.10 bits per heavy atom.